The number of halogens is 1. The highest BCUT2D eigenvalue weighted by Gasteiger charge is 2.22. The molecule has 3 rings (SSSR count). The van der Waals surface area contributed by atoms with E-state index in [4.69, 9.17) is 16.3 Å². The molecule has 6 nitrogen and oxygen atoms in total. The molecule has 0 saturated carbocycles. The van der Waals surface area contributed by atoms with E-state index in [-0.39, 0.29) is 12.3 Å². The van der Waals surface area contributed by atoms with Crippen molar-refractivity contribution < 1.29 is 14.3 Å². The van der Waals surface area contributed by atoms with Crippen LogP contribution in [-0.4, -0.2) is 34.6 Å². The fraction of sp³-hybridized carbons (Fsp3) is 0.370. The number of benzene rings is 2. The molecule has 0 spiro atoms. The highest BCUT2D eigenvalue weighted by atomic mass is 35.5. The van der Waals surface area contributed by atoms with Gasteiger partial charge in [0, 0.05) is 36.2 Å². The third-order valence-corrected chi connectivity index (χ3v) is 6.14. The van der Waals surface area contributed by atoms with Crippen LogP contribution in [0.15, 0.2) is 60.8 Å². The van der Waals surface area contributed by atoms with Crippen LogP contribution in [0.25, 0.3) is 0 Å². The number of esters is 1. The Labute approximate surface area is 206 Å². The van der Waals surface area contributed by atoms with Crippen molar-refractivity contribution in [3.8, 4) is 0 Å². The van der Waals surface area contributed by atoms with Gasteiger partial charge in [0.25, 0.3) is 0 Å². The van der Waals surface area contributed by atoms with Gasteiger partial charge in [-0.15, -0.1) is 0 Å². The Bertz CT molecular complexity index is 1080. The van der Waals surface area contributed by atoms with E-state index in [0.29, 0.717) is 24.4 Å². The van der Waals surface area contributed by atoms with Crippen molar-refractivity contribution in [3.05, 3.63) is 88.5 Å². The molecule has 34 heavy (non-hydrogen) atoms. The lowest BCUT2D eigenvalue weighted by molar-refractivity contribution is -0.145. The largest absolute Gasteiger partial charge is 0.467 e. The monoisotopic (exact) mass is 481 g/mol. The van der Waals surface area contributed by atoms with Crippen molar-refractivity contribution in [2.75, 3.05) is 7.11 Å². The summed E-state index contributed by atoms with van der Waals surface area (Å²) in [6.45, 7) is 2.76. The number of imidazole rings is 1. The molecule has 180 valence electrons. The van der Waals surface area contributed by atoms with Crippen LogP contribution < -0.4 is 5.32 Å². The summed E-state index contributed by atoms with van der Waals surface area (Å²) in [5.41, 5.74) is 2.94. The number of aryl methyl sites for hydroxylation is 2. The lowest BCUT2D eigenvalue weighted by Crippen LogP contribution is -2.43. The third kappa shape index (κ3) is 7.19. The van der Waals surface area contributed by atoms with Gasteiger partial charge in [0.1, 0.15) is 11.9 Å². The highest BCUT2D eigenvalue weighted by molar-refractivity contribution is 6.31. The molecule has 2 aromatic carbocycles. The number of hydrogen-bond donors (Lipinski definition) is 1. The molecular weight excluding hydrogens is 450 g/mol. The number of nitrogens with zero attached hydrogens (tertiary/aromatic N) is 2. The van der Waals surface area contributed by atoms with Gasteiger partial charge in [-0.1, -0.05) is 73.5 Å². The fourth-order valence-corrected chi connectivity index (χ4v) is 4.07. The van der Waals surface area contributed by atoms with E-state index in [1.165, 1.54) is 7.11 Å². The maximum atomic E-state index is 12.8. The number of unbranched alkanes of at least 4 members (excludes halogenated alkanes) is 1. The first-order valence-corrected chi connectivity index (χ1v) is 12.1. The second-order valence-corrected chi connectivity index (χ2v) is 8.69. The molecule has 0 fully saturated rings. The summed E-state index contributed by atoms with van der Waals surface area (Å²) in [4.78, 5) is 29.7. The van der Waals surface area contributed by atoms with Gasteiger partial charge in [-0.05, 0) is 30.0 Å². The number of hydrogen-bond acceptors (Lipinski definition) is 4. The molecule has 0 radical (unpaired) electrons. The van der Waals surface area contributed by atoms with Gasteiger partial charge < -0.3 is 14.6 Å². The van der Waals surface area contributed by atoms with Crippen LogP contribution in [0, 0.1) is 0 Å². The minimum Gasteiger partial charge on any atom is -0.467 e. The topological polar surface area (TPSA) is 73.2 Å². The molecule has 0 aliphatic heterocycles. The normalized spacial score (nSPS) is 11.7. The third-order valence-electron chi connectivity index (χ3n) is 5.77. The summed E-state index contributed by atoms with van der Waals surface area (Å²) in [5.74, 6) is 0.337. The predicted octanol–water partition coefficient (Wildman–Crippen LogP) is 4.76. The molecule has 3 aromatic rings. The van der Waals surface area contributed by atoms with Crippen molar-refractivity contribution >= 4 is 23.5 Å². The van der Waals surface area contributed by atoms with E-state index in [1.54, 1.807) is 0 Å². The lowest BCUT2D eigenvalue weighted by Gasteiger charge is -2.17. The average molecular weight is 482 g/mol. The van der Waals surface area contributed by atoms with Crippen molar-refractivity contribution in [2.24, 2.45) is 0 Å². The molecule has 0 unspecified atom stereocenters. The second-order valence-electron chi connectivity index (χ2n) is 8.28. The summed E-state index contributed by atoms with van der Waals surface area (Å²) >= 11 is 6.40. The maximum absolute atomic E-state index is 12.8. The molecule has 1 atom stereocenters. The van der Waals surface area contributed by atoms with E-state index in [1.807, 2.05) is 60.8 Å². The van der Waals surface area contributed by atoms with E-state index in [2.05, 4.69) is 21.8 Å². The molecule has 1 N–H and O–H groups in total. The molecule has 1 amide bonds. The number of carbonyl (C=O) groups excluding carboxylic acids is 2. The van der Waals surface area contributed by atoms with Crippen LogP contribution in [0.1, 0.15) is 48.8 Å². The Kier molecular flexibility index (Phi) is 9.71. The summed E-state index contributed by atoms with van der Waals surface area (Å²) in [6, 6.07) is 16.6. The molecule has 0 bridgehead atoms. The fourth-order valence-electron chi connectivity index (χ4n) is 3.87. The number of rotatable bonds is 12. The van der Waals surface area contributed by atoms with E-state index in [0.717, 1.165) is 41.9 Å². The van der Waals surface area contributed by atoms with Crippen LogP contribution in [0.5, 0.6) is 0 Å². The summed E-state index contributed by atoms with van der Waals surface area (Å²) in [5, 5.41) is 3.55. The molecule has 1 heterocycles. The summed E-state index contributed by atoms with van der Waals surface area (Å²) in [7, 11) is 1.33. The number of methoxy groups -OCH3 is 1. The Morgan fingerprint density at radius 3 is 2.53 bits per heavy atom. The number of aromatic nitrogens is 2. The number of ether oxygens (including phenoxy) is 1. The van der Waals surface area contributed by atoms with Crippen LogP contribution in [-0.2, 0) is 40.1 Å². The van der Waals surface area contributed by atoms with Crippen LogP contribution in [0.3, 0.4) is 0 Å². The Hall–Kier alpha value is -3.12. The van der Waals surface area contributed by atoms with Crippen LogP contribution in [0.2, 0.25) is 5.02 Å². The molecular formula is C27H32ClN3O3. The first-order valence-electron chi connectivity index (χ1n) is 11.7. The van der Waals surface area contributed by atoms with Gasteiger partial charge in [0.15, 0.2) is 0 Å². The molecule has 1 aromatic heterocycles. The summed E-state index contributed by atoms with van der Waals surface area (Å²) in [6.07, 6.45) is 5.96. The van der Waals surface area contributed by atoms with Crippen molar-refractivity contribution in [2.45, 2.75) is 58.0 Å². The molecule has 7 heteroatoms. The standard InChI is InChI=1S/C27H32ClN3O3/c1-3-4-14-25-29-18-22(31(25)19-21-12-8-9-13-23(21)28)15-16-26(32)30-24(27(33)34-2)17-20-10-6-5-7-11-20/h5-13,18,24H,3-4,14-17,19H2,1-2H3,(H,30,32)/t24-/m0/s1. The van der Waals surface area contributed by atoms with Gasteiger partial charge in [0.2, 0.25) is 5.91 Å². The Balaban J connectivity index is 1.69. The first-order chi connectivity index (χ1) is 16.5. The van der Waals surface area contributed by atoms with E-state index >= 15 is 0 Å². The van der Waals surface area contributed by atoms with Crippen molar-refractivity contribution in [3.63, 3.8) is 0 Å². The van der Waals surface area contributed by atoms with Crippen LogP contribution >= 0.6 is 11.6 Å². The Morgan fingerprint density at radius 2 is 1.82 bits per heavy atom. The van der Waals surface area contributed by atoms with E-state index < -0.39 is 12.0 Å². The highest BCUT2D eigenvalue weighted by Crippen LogP contribution is 2.20. The SMILES string of the molecule is CCCCc1ncc(CCC(=O)N[C@@H](Cc2ccccc2)C(=O)OC)n1Cc1ccccc1Cl. The van der Waals surface area contributed by atoms with Gasteiger partial charge in [0.05, 0.1) is 13.7 Å². The number of nitrogens with one attached hydrogen (secondary N) is 1. The molecule has 0 aliphatic carbocycles. The van der Waals surface area contributed by atoms with Crippen LogP contribution in [0.4, 0.5) is 0 Å². The zero-order chi connectivity index (χ0) is 24.3. The minimum atomic E-state index is -0.729. The van der Waals surface area contributed by atoms with Gasteiger partial charge >= 0.3 is 5.97 Å². The van der Waals surface area contributed by atoms with E-state index in [9.17, 15) is 9.59 Å². The summed E-state index contributed by atoms with van der Waals surface area (Å²) < 4.78 is 7.06. The smallest absolute Gasteiger partial charge is 0.328 e. The predicted molar refractivity (Wildman–Crippen MR) is 134 cm³/mol. The first kappa shape index (κ1) is 25.5. The number of amides is 1. The zero-order valence-electron chi connectivity index (χ0n) is 19.8. The minimum absolute atomic E-state index is 0.202. The van der Waals surface area contributed by atoms with Gasteiger partial charge in [-0.25, -0.2) is 9.78 Å². The second kappa shape index (κ2) is 12.9. The molecule has 0 saturated heterocycles. The lowest BCUT2D eigenvalue weighted by atomic mass is 10.1. The van der Waals surface area contributed by atoms with Gasteiger partial charge in [-0.2, -0.15) is 0 Å². The maximum Gasteiger partial charge on any atom is 0.328 e. The van der Waals surface area contributed by atoms with Gasteiger partial charge in [-0.3, -0.25) is 4.79 Å². The zero-order valence-corrected chi connectivity index (χ0v) is 20.6. The quantitative estimate of drug-likeness (QED) is 0.378. The average Bonchev–Trinajstić information content (AvgIpc) is 3.23. The van der Waals surface area contributed by atoms with Crippen molar-refractivity contribution in [1.82, 2.24) is 14.9 Å². The van der Waals surface area contributed by atoms with Crippen molar-refractivity contribution in [1.29, 1.82) is 0 Å². The Morgan fingerprint density at radius 1 is 1.09 bits per heavy atom. The number of carbonyl (C=O) groups is 2. The molecule has 0 aliphatic rings.